The van der Waals surface area contributed by atoms with Gasteiger partial charge in [0.1, 0.15) is 0 Å². The Morgan fingerprint density at radius 3 is 2.38 bits per heavy atom. The first kappa shape index (κ1) is 20.1. The largest absolute Gasteiger partial charge is 0.350 e. The van der Waals surface area contributed by atoms with Gasteiger partial charge in [-0.2, -0.15) is 0 Å². The number of hydrogen-bond acceptors (Lipinski definition) is 3. The van der Waals surface area contributed by atoms with Crippen molar-refractivity contribution in [3.8, 4) is 0 Å². The standard InChI is InChI=1S/C19H20BrN3O2S/c1-11(2)21-17(24)13-5-4-6-15(9-13)22-19(26)23-18(25)14-8-7-12(3)16(20)10-14/h4-11H,1-3H3,(H,21,24)(H2,22,23,25,26). The average Bonchev–Trinajstić information content (AvgIpc) is 2.56. The highest BCUT2D eigenvalue weighted by Gasteiger charge is 2.11. The summed E-state index contributed by atoms with van der Waals surface area (Å²) in [5.41, 5.74) is 2.67. The summed E-state index contributed by atoms with van der Waals surface area (Å²) in [6.07, 6.45) is 0. The molecule has 0 fully saturated rings. The van der Waals surface area contributed by atoms with Crippen molar-refractivity contribution >= 4 is 50.8 Å². The second-order valence-corrected chi connectivity index (χ2v) is 7.34. The number of carbonyl (C=O) groups is 2. The molecule has 136 valence electrons. The monoisotopic (exact) mass is 433 g/mol. The lowest BCUT2D eigenvalue weighted by molar-refractivity contribution is 0.0941. The number of benzene rings is 2. The van der Waals surface area contributed by atoms with Crippen molar-refractivity contribution in [3.63, 3.8) is 0 Å². The SMILES string of the molecule is Cc1ccc(C(=O)NC(=S)Nc2cccc(C(=O)NC(C)C)c2)cc1Br. The molecule has 0 saturated heterocycles. The number of amides is 2. The Hall–Kier alpha value is -2.25. The smallest absolute Gasteiger partial charge is 0.257 e. The van der Waals surface area contributed by atoms with Crippen LogP contribution in [0.3, 0.4) is 0 Å². The van der Waals surface area contributed by atoms with Gasteiger partial charge in [-0.1, -0.05) is 28.1 Å². The Morgan fingerprint density at radius 2 is 1.73 bits per heavy atom. The summed E-state index contributed by atoms with van der Waals surface area (Å²) in [7, 11) is 0. The molecule has 2 rings (SSSR count). The van der Waals surface area contributed by atoms with Crippen molar-refractivity contribution in [1.29, 1.82) is 0 Å². The van der Waals surface area contributed by atoms with Gasteiger partial charge in [0.15, 0.2) is 5.11 Å². The summed E-state index contributed by atoms with van der Waals surface area (Å²) in [6.45, 7) is 5.74. The number of aryl methyl sites for hydroxylation is 1. The number of anilines is 1. The van der Waals surface area contributed by atoms with Gasteiger partial charge in [0.2, 0.25) is 0 Å². The Bertz CT molecular complexity index is 852. The molecule has 0 aliphatic carbocycles. The molecule has 0 spiro atoms. The summed E-state index contributed by atoms with van der Waals surface area (Å²) in [5.74, 6) is -0.472. The van der Waals surface area contributed by atoms with Crippen molar-refractivity contribution in [3.05, 3.63) is 63.6 Å². The van der Waals surface area contributed by atoms with E-state index in [1.807, 2.05) is 26.8 Å². The van der Waals surface area contributed by atoms with Crippen LogP contribution in [0.1, 0.15) is 40.1 Å². The first-order valence-corrected chi connectivity index (χ1v) is 9.26. The fourth-order valence-corrected chi connectivity index (χ4v) is 2.74. The van der Waals surface area contributed by atoms with Crippen LogP contribution in [0.25, 0.3) is 0 Å². The lowest BCUT2D eigenvalue weighted by Crippen LogP contribution is -2.34. The highest BCUT2D eigenvalue weighted by atomic mass is 79.9. The molecule has 2 amide bonds. The number of nitrogens with one attached hydrogen (secondary N) is 3. The highest BCUT2D eigenvalue weighted by Crippen LogP contribution is 2.17. The Morgan fingerprint density at radius 1 is 1.04 bits per heavy atom. The van der Waals surface area contributed by atoms with E-state index in [1.54, 1.807) is 36.4 Å². The predicted molar refractivity (Wildman–Crippen MR) is 112 cm³/mol. The van der Waals surface area contributed by atoms with Gasteiger partial charge < -0.3 is 10.6 Å². The van der Waals surface area contributed by atoms with Crippen LogP contribution in [0.4, 0.5) is 5.69 Å². The van der Waals surface area contributed by atoms with Crippen LogP contribution in [-0.4, -0.2) is 23.0 Å². The van der Waals surface area contributed by atoms with Gasteiger partial charge in [0, 0.05) is 27.3 Å². The summed E-state index contributed by atoms with van der Waals surface area (Å²) >= 11 is 8.60. The molecule has 0 bridgehead atoms. The summed E-state index contributed by atoms with van der Waals surface area (Å²) in [4.78, 5) is 24.4. The predicted octanol–water partition coefficient (Wildman–Crippen LogP) is 4.02. The van der Waals surface area contributed by atoms with Gasteiger partial charge in [-0.15, -0.1) is 0 Å². The normalized spacial score (nSPS) is 10.3. The quantitative estimate of drug-likeness (QED) is 0.636. The highest BCUT2D eigenvalue weighted by molar-refractivity contribution is 9.10. The van der Waals surface area contributed by atoms with Crippen LogP contribution in [0.15, 0.2) is 46.9 Å². The molecule has 0 aromatic heterocycles. The zero-order chi connectivity index (χ0) is 19.3. The van der Waals surface area contributed by atoms with Gasteiger partial charge >= 0.3 is 0 Å². The maximum atomic E-state index is 12.3. The second kappa shape index (κ2) is 8.91. The van der Waals surface area contributed by atoms with Crippen LogP contribution >= 0.6 is 28.1 Å². The number of hydrogen-bond donors (Lipinski definition) is 3. The number of thiocarbonyl (C=S) groups is 1. The molecule has 0 atom stereocenters. The van der Waals surface area contributed by atoms with E-state index >= 15 is 0 Å². The van der Waals surface area contributed by atoms with Gasteiger partial charge in [-0.25, -0.2) is 0 Å². The summed E-state index contributed by atoms with van der Waals surface area (Å²) in [5, 5.41) is 8.55. The molecular weight excluding hydrogens is 414 g/mol. The van der Waals surface area contributed by atoms with E-state index in [9.17, 15) is 9.59 Å². The maximum Gasteiger partial charge on any atom is 0.257 e. The first-order chi connectivity index (χ1) is 12.3. The zero-order valence-corrected chi connectivity index (χ0v) is 17.1. The molecule has 0 saturated carbocycles. The number of carbonyl (C=O) groups excluding carboxylic acids is 2. The molecule has 0 unspecified atom stereocenters. The number of halogens is 1. The van der Waals surface area contributed by atoms with Crippen LogP contribution in [0.2, 0.25) is 0 Å². The third-order valence-corrected chi connectivity index (χ3v) is 4.52. The maximum absolute atomic E-state index is 12.3. The van der Waals surface area contributed by atoms with Crippen molar-refractivity contribution in [1.82, 2.24) is 10.6 Å². The molecule has 0 heterocycles. The Balaban J connectivity index is 2.02. The molecule has 2 aromatic carbocycles. The fraction of sp³-hybridized carbons (Fsp3) is 0.211. The van der Waals surface area contributed by atoms with Crippen LogP contribution in [0, 0.1) is 6.92 Å². The molecule has 0 aliphatic heterocycles. The van der Waals surface area contributed by atoms with E-state index < -0.39 is 0 Å². The summed E-state index contributed by atoms with van der Waals surface area (Å²) in [6, 6.07) is 12.3. The van der Waals surface area contributed by atoms with E-state index in [2.05, 4.69) is 31.9 Å². The molecular formula is C19H20BrN3O2S. The number of rotatable bonds is 4. The van der Waals surface area contributed by atoms with Crippen molar-refractivity contribution in [2.75, 3.05) is 5.32 Å². The molecule has 3 N–H and O–H groups in total. The van der Waals surface area contributed by atoms with Crippen LogP contribution < -0.4 is 16.0 Å². The van der Waals surface area contributed by atoms with E-state index in [0.29, 0.717) is 16.8 Å². The van der Waals surface area contributed by atoms with Gasteiger partial charge in [0.25, 0.3) is 11.8 Å². The van der Waals surface area contributed by atoms with Crippen molar-refractivity contribution in [2.45, 2.75) is 26.8 Å². The molecule has 2 aromatic rings. The lowest BCUT2D eigenvalue weighted by atomic mass is 10.1. The minimum atomic E-state index is -0.308. The van der Waals surface area contributed by atoms with Crippen LogP contribution in [-0.2, 0) is 0 Å². The molecule has 0 radical (unpaired) electrons. The van der Waals surface area contributed by atoms with Gasteiger partial charge in [-0.05, 0) is 68.9 Å². The zero-order valence-electron chi connectivity index (χ0n) is 14.7. The van der Waals surface area contributed by atoms with E-state index in [1.165, 1.54) is 0 Å². The topological polar surface area (TPSA) is 70.2 Å². The first-order valence-electron chi connectivity index (χ1n) is 8.05. The minimum Gasteiger partial charge on any atom is -0.350 e. The molecule has 0 aliphatic rings. The lowest BCUT2D eigenvalue weighted by Gasteiger charge is -2.12. The fourth-order valence-electron chi connectivity index (χ4n) is 2.16. The Labute approximate surface area is 166 Å². The molecule has 7 heteroatoms. The van der Waals surface area contributed by atoms with Crippen molar-refractivity contribution in [2.24, 2.45) is 0 Å². The third kappa shape index (κ3) is 5.64. The van der Waals surface area contributed by atoms with Gasteiger partial charge in [0.05, 0.1) is 0 Å². The minimum absolute atomic E-state index is 0.0494. The average molecular weight is 434 g/mol. The van der Waals surface area contributed by atoms with Crippen molar-refractivity contribution < 1.29 is 9.59 Å². The molecule has 26 heavy (non-hydrogen) atoms. The van der Waals surface area contributed by atoms with E-state index in [-0.39, 0.29) is 23.0 Å². The summed E-state index contributed by atoms with van der Waals surface area (Å²) < 4.78 is 0.855. The van der Waals surface area contributed by atoms with Gasteiger partial charge in [-0.3, -0.25) is 14.9 Å². The van der Waals surface area contributed by atoms with Crippen LogP contribution in [0.5, 0.6) is 0 Å². The van der Waals surface area contributed by atoms with E-state index in [0.717, 1.165) is 10.0 Å². The van der Waals surface area contributed by atoms with E-state index in [4.69, 9.17) is 12.2 Å². The molecule has 5 nitrogen and oxygen atoms in total. The third-order valence-electron chi connectivity index (χ3n) is 3.46. The second-order valence-electron chi connectivity index (χ2n) is 6.08. The Kier molecular flexibility index (Phi) is 6.88.